The fraction of sp³-hybridized carbons (Fsp3) is 0.875. The van der Waals surface area contributed by atoms with Crippen LogP contribution in [0.15, 0.2) is 0 Å². The highest BCUT2D eigenvalue weighted by Crippen LogP contribution is 2.08. The van der Waals surface area contributed by atoms with Crippen molar-refractivity contribution >= 4 is 29.5 Å². The number of rotatable bonds is 8. The number of aliphatic carboxylic acids is 1. The van der Waals surface area contributed by atoms with E-state index < -0.39 is 12.0 Å². The zero-order valence-corrected chi connectivity index (χ0v) is 9.50. The number of thioether (sulfide) groups is 2. The van der Waals surface area contributed by atoms with Crippen LogP contribution >= 0.6 is 23.5 Å². The molecule has 5 heteroatoms. The third-order valence-electron chi connectivity index (χ3n) is 1.53. The molecule has 3 N–H and O–H groups in total. The summed E-state index contributed by atoms with van der Waals surface area (Å²) in [5.41, 5.74) is 5.34. The van der Waals surface area contributed by atoms with Gasteiger partial charge >= 0.3 is 5.97 Å². The molecule has 0 spiro atoms. The van der Waals surface area contributed by atoms with Gasteiger partial charge in [-0.25, -0.2) is 0 Å². The number of carbonyl (C=O) groups is 1. The molecule has 0 aliphatic rings. The molecule has 0 bridgehead atoms. The zero-order valence-electron chi connectivity index (χ0n) is 7.86. The normalized spacial score (nSPS) is 12.8. The summed E-state index contributed by atoms with van der Waals surface area (Å²) in [6.45, 7) is 0. The summed E-state index contributed by atoms with van der Waals surface area (Å²) >= 11 is 3.62. The Bertz CT molecular complexity index is 144. The van der Waals surface area contributed by atoms with E-state index in [0.717, 1.165) is 11.5 Å². The van der Waals surface area contributed by atoms with Crippen molar-refractivity contribution < 1.29 is 9.90 Å². The highest BCUT2D eigenvalue weighted by molar-refractivity contribution is 7.99. The average Bonchev–Trinajstić information content (AvgIpc) is 2.10. The fourth-order valence-electron chi connectivity index (χ4n) is 0.741. The van der Waals surface area contributed by atoms with Crippen molar-refractivity contribution in [2.24, 2.45) is 5.73 Å². The van der Waals surface area contributed by atoms with Gasteiger partial charge in [0.25, 0.3) is 0 Å². The molecule has 78 valence electrons. The van der Waals surface area contributed by atoms with Gasteiger partial charge in [0.15, 0.2) is 0 Å². The van der Waals surface area contributed by atoms with E-state index in [0.29, 0.717) is 6.42 Å². The predicted octanol–water partition coefficient (Wildman–Crippen LogP) is 1.27. The summed E-state index contributed by atoms with van der Waals surface area (Å²) in [6.07, 6.45) is 3.85. The van der Waals surface area contributed by atoms with E-state index in [1.54, 1.807) is 11.8 Å². The van der Waals surface area contributed by atoms with Crippen LogP contribution < -0.4 is 5.73 Å². The molecule has 13 heavy (non-hydrogen) atoms. The van der Waals surface area contributed by atoms with E-state index in [-0.39, 0.29) is 0 Å². The molecule has 0 amide bonds. The molecule has 3 nitrogen and oxygen atoms in total. The minimum Gasteiger partial charge on any atom is -0.480 e. The van der Waals surface area contributed by atoms with Crippen molar-refractivity contribution in [1.82, 2.24) is 0 Å². The molecule has 0 aliphatic heterocycles. The Hall–Kier alpha value is 0.130. The Balaban J connectivity index is 3.11. The largest absolute Gasteiger partial charge is 0.480 e. The van der Waals surface area contributed by atoms with Crippen molar-refractivity contribution in [2.75, 3.05) is 23.5 Å². The number of carboxylic acid groups (broad SMARTS) is 1. The lowest BCUT2D eigenvalue weighted by atomic mass is 10.2. The minimum atomic E-state index is -0.898. The number of hydrogen-bond acceptors (Lipinski definition) is 4. The topological polar surface area (TPSA) is 63.3 Å². The van der Waals surface area contributed by atoms with Crippen molar-refractivity contribution in [3.8, 4) is 0 Å². The van der Waals surface area contributed by atoms with Crippen molar-refractivity contribution in [3.05, 3.63) is 0 Å². The molecule has 0 aromatic rings. The van der Waals surface area contributed by atoms with Gasteiger partial charge in [0.2, 0.25) is 0 Å². The summed E-state index contributed by atoms with van der Waals surface area (Å²) in [4.78, 5) is 10.3. The first-order valence-corrected chi connectivity index (χ1v) is 6.78. The minimum absolute atomic E-state index is 0.569. The van der Waals surface area contributed by atoms with Gasteiger partial charge in [0.1, 0.15) is 6.04 Å². The third-order valence-corrected chi connectivity index (χ3v) is 3.33. The van der Waals surface area contributed by atoms with Crippen LogP contribution in [0.1, 0.15) is 12.8 Å². The van der Waals surface area contributed by atoms with E-state index in [4.69, 9.17) is 10.8 Å². The Labute approximate surface area is 87.8 Å². The smallest absolute Gasteiger partial charge is 0.320 e. The Morgan fingerprint density at radius 2 is 2.15 bits per heavy atom. The monoisotopic (exact) mass is 223 g/mol. The number of nitrogens with two attached hydrogens (primary N) is 1. The van der Waals surface area contributed by atoms with Gasteiger partial charge < -0.3 is 10.8 Å². The van der Waals surface area contributed by atoms with E-state index in [2.05, 4.69) is 6.26 Å². The molecule has 0 fully saturated rings. The molecular weight excluding hydrogens is 206 g/mol. The van der Waals surface area contributed by atoms with Crippen LogP contribution in [0.3, 0.4) is 0 Å². The first-order valence-electron chi connectivity index (χ1n) is 4.23. The maximum Gasteiger partial charge on any atom is 0.320 e. The quantitative estimate of drug-likeness (QED) is 0.607. The Morgan fingerprint density at radius 1 is 1.46 bits per heavy atom. The highest BCUT2D eigenvalue weighted by Gasteiger charge is 2.09. The van der Waals surface area contributed by atoms with Crippen LogP contribution in [-0.4, -0.2) is 40.6 Å². The summed E-state index contributed by atoms with van der Waals surface area (Å²) < 4.78 is 0. The molecule has 0 aliphatic carbocycles. The lowest BCUT2D eigenvalue weighted by molar-refractivity contribution is -0.138. The van der Waals surface area contributed by atoms with Gasteiger partial charge in [0, 0.05) is 0 Å². The van der Waals surface area contributed by atoms with Crippen molar-refractivity contribution in [2.45, 2.75) is 18.9 Å². The molecule has 1 atom stereocenters. The maximum atomic E-state index is 10.3. The lowest BCUT2D eigenvalue weighted by Crippen LogP contribution is -2.30. The molecule has 0 saturated carbocycles. The molecule has 0 radical (unpaired) electrons. The SMILES string of the molecule is CSCCCSCCC(N)C(=O)O. The second-order valence-electron chi connectivity index (χ2n) is 2.69. The Morgan fingerprint density at radius 3 is 2.69 bits per heavy atom. The molecule has 1 unspecified atom stereocenters. The molecular formula is C8H17NO2S2. The summed E-state index contributed by atoms with van der Waals surface area (Å²) in [5, 5.41) is 8.49. The number of hydrogen-bond donors (Lipinski definition) is 2. The predicted molar refractivity (Wildman–Crippen MR) is 60.6 cm³/mol. The molecule has 0 heterocycles. The van der Waals surface area contributed by atoms with Crippen LogP contribution in [0, 0.1) is 0 Å². The van der Waals surface area contributed by atoms with Gasteiger partial charge in [-0.1, -0.05) is 0 Å². The second kappa shape index (κ2) is 8.72. The molecule has 0 aromatic heterocycles. The molecule has 0 aromatic carbocycles. The van der Waals surface area contributed by atoms with Crippen molar-refractivity contribution in [3.63, 3.8) is 0 Å². The first kappa shape index (κ1) is 13.1. The van der Waals surface area contributed by atoms with Gasteiger partial charge in [0.05, 0.1) is 0 Å². The van der Waals surface area contributed by atoms with Crippen molar-refractivity contribution in [1.29, 1.82) is 0 Å². The summed E-state index contributed by atoms with van der Waals surface area (Å²) in [7, 11) is 0. The molecule has 0 rings (SSSR count). The highest BCUT2D eigenvalue weighted by atomic mass is 32.2. The average molecular weight is 223 g/mol. The van der Waals surface area contributed by atoms with E-state index in [1.807, 2.05) is 11.8 Å². The van der Waals surface area contributed by atoms with Crippen LogP contribution in [0.25, 0.3) is 0 Å². The van der Waals surface area contributed by atoms with Crippen LogP contribution in [0.5, 0.6) is 0 Å². The van der Waals surface area contributed by atoms with Gasteiger partial charge in [-0.15, -0.1) is 0 Å². The third kappa shape index (κ3) is 8.46. The van der Waals surface area contributed by atoms with Gasteiger partial charge in [-0.05, 0) is 36.4 Å². The summed E-state index contributed by atoms with van der Waals surface area (Å²) in [5.74, 6) is 2.23. The number of carboxylic acids is 1. The maximum absolute atomic E-state index is 10.3. The van der Waals surface area contributed by atoms with E-state index >= 15 is 0 Å². The Kier molecular flexibility index (Phi) is 8.80. The fourth-order valence-corrected chi connectivity index (χ4v) is 2.33. The lowest BCUT2D eigenvalue weighted by Gasteiger charge is -2.05. The van der Waals surface area contributed by atoms with E-state index in [1.165, 1.54) is 12.2 Å². The van der Waals surface area contributed by atoms with Gasteiger partial charge in [-0.3, -0.25) is 4.79 Å². The van der Waals surface area contributed by atoms with Crippen LogP contribution in [-0.2, 0) is 4.79 Å². The first-order chi connectivity index (χ1) is 6.18. The molecule has 0 saturated heterocycles. The van der Waals surface area contributed by atoms with Crippen LogP contribution in [0.2, 0.25) is 0 Å². The second-order valence-corrected chi connectivity index (χ2v) is 4.90. The van der Waals surface area contributed by atoms with Crippen LogP contribution in [0.4, 0.5) is 0 Å². The van der Waals surface area contributed by atoms with E-state index in [9.17, 15) is 4.79 Å². The van der Waals surface area contributed by atoms with Gasteiger partial charge in [-0.2, -0.15) is 23.5 Å². The summed E-state index contributed by atoms with van der Waals surface area (Å²) in [6, 6.07) is -0.687. The zero-order chi connectivity index (χ0) is 10.1. The standard InChI is InChI=1S/C8H17NO2S2/c1-12-4-2-5-13-6-3-7(9)8(10)11/h7H,2-6,9H2,1H3,(H,10,11).